The summed E-state index contributed by atoms with van der Waals surface area (Å²) in [7, 11) is 0. The number of pyridine rings is 2. The van der Waals surface area contributed by atoms with Crippen molar-refractivity contribution in [3.8, 4) is 22.8 Å². The highest BCUT2D eigenvalue weighted by Crippen LogP contribution is 2.38. The van der Waals surface area contributed by atoms with E-state index >= 15 is 0 Å². The number of imidazole rings is 1. The van der Waals surface area contributed by atoms with Crippen molar-refractivity contribution in [3.05, 3.63) is 40.1 Å². The number of fused-ring (bicyclic) bond motifs is 1. The number of halogens is 1. The van der Waals surface area contributed by atoms with Crippen LogP contribution in [0.25, 0.3) is 33.8 Å². The molecule has 0 radical (unpaired) electrons. The van der Waals surface area contributed by atoms with E-state index in [2.05, 4.69) is 45.4 Å². The Kier molecular flexibility index (Phi) is 7.63. The van der Waals surface area contributed by atoms with E-state index in [0.29, 0.717) is 28.9 Å². The molecule has 4 aromatic heterocycles. The van der Waals surface area contributed by atoms with Crippen molar-refractivity contribution in [2.75, 3.05) is 18.1 Å². The molecule has 1 saturated carbocycles. The van der Waals surface area contributed by atoms with Crippen molar-refractivity contribution in [1.82, 2.24) is 29.7 Å². The molecule has 1 unspecified atom stereocenters. The van der Waals surface area contributed by atoms with E-state index in [1.807, 2.05) is 12.1 Å². The third-order valence-corrected chi connectivity index (χ3v) is 8.40. The van der Waals surface area contributed by atoms with Crippen molar-refractivity contribution in [2.45, 2.75) is 78.0 Å². The Morgan fingerprint density at radius 3 is 2.70 bits per heavy atom. The summed E-state index contributed by atoms with van der Waals surface area (Å²) in [5.74, 6) is 1.88. The maximum atomic E-state index is 11.8. The molecule has 0 spiro atoms. The summed E-state index contributed by atoms with van der Waals surface area (Å²) in [6.07, 6.45) is 10.6. The van der Waals surface area contributed by atoms with E-state index in [4.69, 9.17) is 30.8 Å². The fourth-order valence-electron chi connectivity index (χ4n) is 6.09. The predicted molar refractivity (Wildman–Crippen MR) is 154 cm³/mol. The van der Waals surface area contributed by atoms with Gasteiger partial charge in [-0.25, -0.2) is 14.8 Å². The van der Waals surface area contributed by atoms with E-state index in [-0.39, 0.29) is 18.0 Å². The molecular formula is C29H36ClN7O3. The molecule has 2 fully saturated rings. The number of nitrogens with one attached hydrogen (secondary N) is 1. The van der Waals surface area contributed by atoms with Gasteiger partial charge in [0.1, 0.15) is 5.69 Å². The molecule has 1 saturated heterocycles. The van der Waals surface area contributed by atoms with E-state index in [0.717, 1.165) is 54.4 Å². The molecule has 2 aliphatic rings. The second-order valence-corrected chi connectivity index (χ2v) is 12.0. The molecule has 5 heterocycles. The van der Waals surface area contributed by atoms with Crippen molar-refractivity contribution in [2.24, 2.45) is 11.8 Å². The minimum Gasteiger partial charge on any atom is -0.377 e. The number of aromatic nitrogens is 6. The second kappa shape index (κ2) is 11.3. The van der Waals surface area contributed by atoms with Crippen LogP contribution >= 0.6 is 11.6 Å². The molecule has 0 aromatic carbocycles. The average molecular weight is 566 g/mol. The zero-order valence-electron chi connectivity index (χ0n) is 23.3. The first-order chi connectivity index (χ1) is 19.4. The molecule has 1 atom stereocenters. The summed E-state index contributed by atoms with van der Waals surface area (Å²) in [4.78, 5) is 31.4. The normalized spacial score (nSPS) is 21.6. The Morgan fingerprint density at radius 1 is 1.15 bits per heavy atom. The van der Waals surface area contributed by atoms with Crippen molar-refractivity contribution in [1.29, 1.82) is 0 Å². The number of H-pyrrole nitrogens is 1. The lowest BCUT2D eigenvalue weighted by molar-refractivity contribution is 0.0687. The molecule has 11 heteroatoms. The Morgan fingerprint density at radius 2 is 1.98 bits per heavy atom. The number of ether oxygens (including phenoxy) is 1. The van der Waals surface area contributed by atoms with Crippen LogP contribution in [0.2, 0.25) is 5.02 Å². The van der Waals surface area contributed by atoms with Gasteiger partial charge in [0.2, 0.25) is 11.8 Å². The minimum atomic E-state index is -0.634. The number of anilines is 1. The van der Waals surface area contributed by atoms with Crippen molar-refractivity contribution in [3.63, 3.8) is 0 Å². The van der Waals surface area contributed by atoms with Gasteiger partial charge in [-0.15, -0.1) is 0 Å². The van der Waals surface area contributed by atoms with Crippen LogP contribution in [0.5, 0.6) is 0 Å². The quantitative estimate of drug-likeness (QED) is 0.289. The van der Waals surface area contributed by atoms with Gasteiger partial charge in [0.15, 0.2) is 0 Å². The summed E-state index contributed by atoms with van der Waals surface area (Å²) in [6, 6.07) is 3.99. The monoisotopic (exact) mass is 565 g/mol. The van der Waals surface area contributed by atoms with Gasteiger partial charge in [0.05, 0.1) is 40.5 Å². The van der Waals surface area contributed by atoms with Crippen LogP contribution in [-0.4, -0.2) is 55.0 Å². The largest absolute Gasteiger partial charge is 0.439 e. The lowest BCUT2D eigenvalue weighted by atomic mass is 9.83. The van der Waals surface area contributed by atoms with Crippen LogP contribution in [0.15, 0.2) is 33.8 Å². The van der Waals surface area contributed by atoms with Crippen molar-refractivity contribution < 1.29 is 9.26 Å². The highest BCUT2D eigenvalue weighted by molar-refractivity contribution is 6.30. The fourth-order valence-corrected chi connectivity index (χ4v) is 6.26. The molecule has 212 valence electrons. The van der Waals surface area contributed by atoms with Gasteiger partial charge in [-0.05, 0) is 63.5 Å². The highest BCUT2D eigenvalue weighted by Gasteiger charge is 2.32. The third-order valence-electron chi connectivity index (χ3n) is 8.20. The van der Waals surface area contributed by atoms with Gasteiger partial charge in [-0.3, -0.25) is 14.5 Å². The summed E-state index contributed by atoms with van der Waals surface area (Å²) < 4.78 is 13.2. The van der Waals surface area contributed by atoms with Gasteiger partial charge >= 0.3 is 5.76 Å². The zero-order chi connectivity index (χ0) is 27.8. The van der Waals surface area contributed by atoms with E-state index in [1.54, 1.807) is 12.4 Å². The second-order valence-electron chi connectivity index (χ2n) is 11.6. The predicted octanol–water partition coefficient (Wildman–Crippen LogP) is 5.71. The van der Waals surface area contributed by atoms with Crippen molar-refractivity contribution >= 4 is 28.6 Å². The van der Waals surface area contributed by atoms with Gasteiger partial charge in [0.25, 0.3) is 0 Å². The van der Waals surface area contributed by atoms with Crippen LogP contribution in [-0.2, 0) is 11.3 Å². The van der Waals surface area contributed by atoms with Gasteiger partial charge in [-0.2, -0.15) is 0 Å². The van der Waals surface area contributed by atoms with E-state index in [1.165, 1.54) is 25.7 Å². The first kappa shape index (κ1) is 27.0. The smallest absolute Gasteiger partial charge is 0.377 e. The molecule has 1 aliphatic heterocycles. The van der Waals surface area contributed by atoms with Crippen LogP contribution in [0.3, 0.4) is 0 Å². The Balaban J connectivity index is 1.54. The Bertz CT molecular complexity index is 1540. The Labute approximate surface area is 238 Å². The van der Waals surface area contributed by atoms with Crippen LogP contribution in [0, 0.1) is 11.8 Å². The van der Waals surface area contributed by atoms with Gasteiger partial charge in [-0.1, -0.05) is 36.5 Å². The number of hydrogen-bond acceptors (Lipinski definition) is 8. The molecule has 0 amide bonds. The number of hydrogen-bond donors (Lipinski definition) is 1. The lowest BCUT2D eigenvalue weighted by Gasteiger charge is -2.30. The molecule has 0 bridgehead atoms. The van der Waals surface area contributed by atoms with E-state index < -0.39 is 5.76 Å². The summed E-state index contributed by atoms with van der Waals surface area (Å²) in [6.45, 7) is 8.94. The molecule has 1 N–H and O–H groups in total. The van der Waals surface area contributed by atoms with E-state index in [9.17, 15) is 4.79 Å². The Hall–Kier alpha value is -3.24. The third kappa shape index (κ3) is 5.51. The molecule has 10 nitrogen and oxygen atoms in total. The minimum absolute atomic E-state index is 0.170. The molecular weight excluding hydrogens is 530 g/mol. The van der Waals surface area contributed by atoms with Gasteiger partial charge in [0, 0.05) is 31.0 Å². The SMILES string of the molecule is CC1CCC(Cn2c(N3CCCC3COC(C)C)nc3cc(-c4noc(=O)[nH]4)nc(-c4cncc(Cl)c4)c32)CC1. The summed E-state index contributed by atoms with van der Waals surface area (Å²) in [5.41, 5.74) is 3.65. The maximum absolute atomic E-state index is 11.8. The zero-order valence-corrected chi connectivity index (χ0v) is 24.0. The molecule has 6 rings (SSSR count). The summed E-state index contributed by atoms with van der Waals surface area (Å²) >= 11 is 6.39. The maximum Gasteiger partial charge on any atom is 0.439 e. The standard InChI is InChI=1S/C29H36ClN7O3/c1-17(2)39-16-22-5-4-10-36(22)28-33-23-12-24(27-34-29(38)40-35-27)32-25(20-11-21(30)14-31-13-20)26(23)37(28)15-19-8-6-18(3)7-9-19/h11-14,17-19,22H,4-10,15-16H2,1-3H3,(H,34,35,38). The molecule has 1 aliphatic carbocycles. The number of nitrogens with zero attached hydrogens (tertiary/aromatic N) is 6. The highest BCUT2D eigenvalue weighted by atomic mass is 35.5. The summed E-state index contributed by atoms with van der Waals surface area (Å²) in [5, 5.41) is 4.42. The molecule has 40 heavy (non-hydrogen) atoms. The average Bonchev–Trinajstić information content (AvgIpc) is 3.67. The molecule has 4 aromatic rings. The first-order valence-electron chi connectivity index (χ1n) is 14.3. The van der Waals surface area contributed by atoms with Crippen LogP contribution in [0.1, 0.15) is 59.3 Å². The lowest BCUT2D eigenvalue weighted by Crippen LogP contribution is -2.36. The van der Waals surface area contributed by atoms with Gasteiger partial charge < -0.3 is 14.2 Å². The van der Waals surface area contributed by atoms with Crippen LogP contribution in [0.4, 0.5) is 5.95 Å². The van der Waals surface area contributed by atoms with Crippen LogP contribution < -0.4 is 10.7 Å². The topological polar surface area (TPSA) is 115 Å². The number of rotatable bonds is 8. The first-order valence-corrected chi connectivity index (χ1v) is 14.7. The fraction of sp³-hybridized carbons (Fsp3) is 0.552. The number of aromatic amines is 1.